The Bertz CT molecular complexity index is 586. The fourth-order valence-corrected chi connectivity index (χ4v) is 3.93. The number of ether oxygens (including phenoxy) is 1. The highest BCUT2D eigenvalue weighted by atomic mass is 16.5. The van der Waals surface area contributed by atoms with Gasteiger partial charge >= 0.3 is 5.97 Å². The summed E-state index contributed by atoms with van der Waals surface area (Å²) < 4.78 is 5.26. The van der Waals surface area contributed by atoms with E-state index in [2.05, 4.69) is 0 Å². The number of methoxy groups -OCH3 is 1. The highest BCUT2D eigenvalue weighted by Gasteiger charge is 2.48. The number of hydrogen-bond donors (Lipinski definition) is 1. The molecule has 5 nitrogen and oxygen atoms in total. The molecule has 1 aliphatic heterocycles. The number of carboxylic acid groups (broad SMARTS) is 1. The first-order chi connectivity index (χ1) is 10.6. The van der Waals surface area contributed by atoms with Gasteiger partial charge in [0.2, 0.25) is 0 Å². The molecule has 0 radical (unpaired) electrons. The molecule has 0 aromatic heterocycles. The maximum Gasteiger partial charge on any atom is 0.326 e. The van der Waals surface area contributed by atoms with Crippen LogP contribution in [-0.2, 0) is 4.79 Å². The second kappa shape index (κ2) is 5.99. The molecule has 0 spiro atoms. The summed E-state index contributed by atoms with van der Waals surface area (Å²) in [4.78, 5) is 26.2. The molecular formula is C17H21NO4. The lowest BCUT2D eigenvalue weighted by Gasteiger charge is -2.33. The van der Waals surface area contributed by atoms with E-state index in [4.69, 9.17) is 4.74 Å². The van der Waals surface area contributed by atoms with E-state index in [-0.39, 0.29) is 11.9 Å². The van der Waals surface area contributed by atoms with Crippen LogP contribution in [0, 0.1) is 5.92 Å². The molecule has 1 aliphatic carbocycles. The number of rotatable bonds is 3. The average Bonchev–Trinajstić information content (AvgIpc) is 2.94. The van der Waals surface area contributed by atoms with Gasteiger partial charge in [-0.25, -0.2) is 4.79 Å². The maximum absolute atomic E-state index is 13.0. The summed E-state index contributed by atoms with van der Waals surface area (Å²) in [5, 5.41) is 9.53. The van der Waals surface area contributed by atoms with E-state index in [0.717, 1.165) is 25.7 Å². The predicted molar refractivity (Wildman–Crippen MR) is 81.0 cm³/mol. The van der Waals surface area contributed by atoms with Crippen LogP contribution < -0.4 is 4.74 Å². The number of carbonyl (C=O) groups is 2. The third-order valence-electron chi connectivity index (χ3n) is 4.94. The number of nitrogens with zero attached hydrogens (tertiary/aromatic N) is 1. The van der Waals surface area contributed by atoms with Crippen LogP contribution in [0.15, 0.2) is 24.3 Å². The zero-order valence-electron chi connectivity index (χ0n) is 12.7. The second-order valence-electron chi connectivity index (χ2n) is 6.11. The van der Waals surface area contributed by atoms with Crippen molar-refractivity contribution in [2.24, 2.45) is 5.92 Å². The Morgan fingerprint density at radius 3 is 2.68 bits per heavy atom. The molecule has 3 rings (SSSR count). The van der Waals surface area contributed by atoms with E-state index in [1.54, 1.807) is 29.2 Å². The zero-order chi connectivity index (χ0) is 15.7. The van der Waals surface area contributed by atoms with Crippen molar-refractivity contribution >= 4 is 11.9 Å². The number of benzene rings is 1. The first-order valence-corrected chi connectivity index (χ1v) is 7.82. The number of amides is 1. The number of hydrogen-bond acceptors (Lipinski definition) is 3. The summed E-state index contributed by atoms with van der Waals surface area (Å²) in [5.41, 5.74) is 0.447. The third-order valence-corrected chi connectivity index (χ3v) is 4.94. The number of fused-ring (bicyclic) bond motifs is 1. The number of likely N-dealkylation sites (tertiary alicyclic amines) is 1. The van der Waals surface area contributed by atoms with Gasteiger partial charge in [0, 0.05) is 6.04 Å². The van der Waals surface area contributed by atoms with Crippen molar-refractivity contribution in [2.75, 3.05) is 7.11 Å². The van der Waals surface area contributed by atoms with Gasteiger partial charge in [0.15, 0.2) is 0 Å². The van der Waals surface area contributed by atoms with Gasteiger partial charge in [-0.2, -0.15) is 0 Å². The summed E-state index contributed by atoms with van der Waals surface area (Å²) in [5.74, 6) is -0.318. The Kier molecular flexibility index (Phi) is 4.05. The van der Waals surface area contributed by atoms with Crippen molar-refractivity contribution in [3.8, 4) is 5.75 Å². The second-order valence-corrected chi connectivity index (χ2v) is 6.11. The van der Waals surface area contributed by atoms with Crippen molar-refractivity contribution in [1.82, 2.24) is 4.90 Å². The van der Waals surface area contributed by atoms with Crippen LogP contribution in [0.2, 0.25) is 0 Å². The summed E-state index contributed by atoms with van der Waals surface area (Å²) >= 11 is 0. The molecule has 2 fully saturated rings. The molecule has 1 aromatic carbocycles. The lowest BCUT2D eigenvalue weighted by molar-refractivity contribution is -0.141. The Hall–Kier alpha value is -2.04. The van der Waals surface area contributed by atoms with Crippen molar-refractivity contribution < 1.29 is 19.4 Å². The number of carboxylic acids is 1. The van der Waals surface area contributed by atoms with Crippen LogP contribution in [0.4, 0.5) is 0 Å². The molecule has 118 valence electrons. The van der Waals surface area contributed by atoms with Gasteiger partial charge in [-0.1, -0.05) is 25.0 Å². The Balaban J connectivity index is 1.95. The van der Waals surface area contributed by atoms with Gasteiger partial charge in [0.05, 0.1) is 12.7 Å². The topological polar surface area (TPSA) is 66.8 Å². The Labute approximate surface area is 129 Å². The molecule has 0 unspecified atom stereocenters. The summed E-state index contributed by atoms with van der Waals surface area (Å²) in [6, 6.07) is 6.35. The molecule has 1 N–H and O–H groups in total. The molecule has 22 heavy (non-hydrogen) atoms. The van der Waals surface area contributed by atoms with Gasteiger partial charge < -0.3 is 14.7 Å². The molecule has 1 saturated heterocycles. The zero-order valence-corrected chi connectivity index (χ0v) is 12.7. The molecular weight excluding hydrogens is 282 g/mol. The predicted octanol–water partition coefficient (Wildman–Crippen LogP) is 2.55. The Morgan fingerprint density at radius 2 is 1.95 bits per heavy atom. The molecule has 1 saturated carbocycles. The molecule has 3 atom stereocenters. The monoisotopic (exact) mass is 303 g/mol. The van der Waals surface area contributed by atoms with E-state index >= 15 is 0 Å². The lowest BCUT2D eigenvalue weighted by atomic mass is 9.84. The SMILES string of the molecule is COc1ccccc1C(=O)N1[C@@H](C(=O)O)C[C@H]2CCCC[C@@H]21. The first kappa shape index (κ1) is 14.9. The van der Waals surface area contributed by atoms with Gasteiger partial charge in [-0.3, -0.25) is 4.79 Å². The molecule has 5 heteroatoms. The maximum atomic E-state index is 13.0. The van der Waals surface area contributed by atoms with Crippen LogP contribution in [0.3, 0.4) is 0 Å². The fraction of sp³-hybridized carbons (Fsp3) is 0.529. The highest BCUT2D eigenvalue weighted by Crippen LogP contribution is 2.41. The first-order valence-electron chi connectivity index (χ1n) is 7.82. The van der Waals surface area contributed by atoms with Crippen LogP contribution in [0.5, 0.6) is 5.75 Å². The minimum atomic E-state index is -0.905. The number of carbonyl (C=O) groups excluding carboxylic acids is 1. The molecule has 1 amide bonds. The van der Waals surface area contributed by atoms with E-state index < -0.39 is 12.0 Å². The molecule has 1 aromatic rings. The van der Waals surface area contributed by atoms with E-state index in [9.17, 15) is 14.7 Å². The van der Waals surface area contributed by atoms with Crippen molar-refractivity contribution in [3.63, 3.8) is 0 Å². The van der Waals surface area contributed by atoms with Crippen molar-refractivity contribution in [3.05, 3.63) is 29.8 Å². The molecule has 2 aliphatic rings. The normalized spacial score (nSPS) is 27.3. The summed E-state index contributed by atoms with van der Waals surface area (Å²) in [7, 11) is 1.52. The molecule has 1 heterocycles. The van der Waals surface area contributed by atoms with Crippen LogP contribution in [0.1, 0.15) is 42.5 Å². The fourth-order valence-electron chi connectivity index (χ4n) is 3.93. The van der Waals surface area contributed by atoms with E-state index in [0.29, 0.717) is 23.7 Å². The van der Waals surface area contributed by atoms with Gasteiger partial charge in [0.1, 0.15) is 11.8 Å². The van der Waals surface area contributed by atoms with Gasteiger partial charge in [-0.15, -0.1) is 0 Å². The van der Waals surface area contributed by atoms with Crippen molar-refractivity contribution in [1.29, 1.82) is 0 Å². The molecule has 0 bridgehead atoms. The summed E-state index contributed by atoms with van der Waals surface area (Å²) in [6.07, 6.45) is 4.67. The minimum Gasteiger partial charge on any atom is -0.496 e. The highest BCUT2D eigenvalue weighted by molar-refractivity contribution is 5.99. The van der Waals surface area contributed by atoms with Gasteiger partial charge in [-0.05, 0) is 37.3 Å². The van der Waals surface area contributed by atoms with Gasteiger partial charge in [0.25, 0.3) is 5.91 Å². The average molecular weight is 303 g/mol. The lowest BCUT2D eigenvalue weighted by Crippen LogP contribution is -2.46. The summed E-state index contributed by atoms with van der Waals surface area (Å²) in [6.45, 7) is 0. The van der Waals surface area contributed by atoms with Crippen LogP contribution in [0.25, 0.3) is 0 Å². The number of para-hydroxylation sites is 1. The van der Waals surface area contributed by atoms with Crippen LogP contribution >= 0.6 is 0 Å². The standard InChI is InChI=1S/C17H21NO4/c1-22-15-9-5-3-7-12(15)16(19)18-13-8-4-2-6-11(13)10-14(18)17(20)21/h3,5,7,9,11,13-14H,2,4,6,8,10H2,1H3,(H,20,21)/t11-,13+,14-/m1/s1. The Morgan fingerprint density at radius 1 is 1.23 bits per heavy atom. The largest absolute Gasteiger partial charge is 0.496 e. The number of aliphatic carboxylic acids is 1. The third kappa shape index (κ3) is 2.45. The van der Waals surface area contributed by atoms with E-state index in [1.807, 2.05) is 0 Å². The quantitative estimate of drug-likeness (QED) is 0.932. The van der Waals surface area contributed by atoms with Crippen LogP contribution in [-0.4, -0.2) is 41.1 Å². The van der Waals surface area contributed by atoms with Crippen molar-refractivity contribution in [2.45, 2.75) is 44.2 Å². The smallest absolute Gasteiger partial charge is 0.326 e. The van der Waals surface area contributed by atoms with E-state index in [1.165, 1.54) is 7.11 Å². The minimum absolute atomic E-state index is 0.0484.